The van der Waals surface area contributed by atoms with Crippen molar-refractivity contribution in [2.24, 2.45) is 0 Å². The van der Waals surface area contributed by atoms with Crippen molar-refractivity contribution in [2.45, 2.75) is 46.3 Å². The van der Waals surface area contributed by atoms with Gasteiger partial charge >= 0.3 is 0 Å². The predicted molar refractivity (Wildman–Crippen MR) is 77.6 cm³/mol. The standard InChI is InChI=1S/C16H21NO2/c1-4-5-14(18)11-17-9-8-13-10-15(19-12(2)3)6-7-16(13)17/h6-10,12H,4-5,11H2,1-3H3. The Bertz CT molecular complexity index is 569. The third-order valence-electron chi connectivity index (χ3n) is 2.99. The highest BCUT2D eigenvalue weighted by Gasteiger charge is 2.07. The number of rotatable bonds is 6. The van der Waals surface area contributed by atoms with Crippen LogP contribution in [0.5, 0.6) is 5.75 Å². The number of Topliss-reactive ketones (excluding diaryl/α,β-unsaturated/α-hetero) is 1. The van der Waals surface area contributed by atoms with Crippen LogP contribution >= 0.6 is 0 Å². The Hall–Kier alpha value is -1.77. The Morgan fingerprint density at radius 2 is 2.11 bits per heavy atom. The van der Waals surface area contributed by atoms with Gasteiger partial charge in [0.2, 0.25) is 0 Å². The lowest BCUT2D eigenvalue weighted by molar-refractivity contribution is -0.119. The van der Waals surface area contributed by atoms with E-state index in [4.69, 9.17) is 4.74 Å². The fraction of sp³-hybridized carbons (Fsp3) is 0.438. The van der Waals surface area contributed by atoms with E-state index in [1.165, 1.54) is 0 Å². The summed E-state index contributed by atoms with van der Waals surface area (Å²) < 4.78 is 7.68. The zero-order valence-corrected chi connectivity index (χ0v) is 11.8. The number of ether oxygens (including phenoxy) is 1. The molecule has 0 saturated carbocycles. The van der Waals surface area contributed by atoms with Gasteiger partial charge in [-0.1, -0.05) is 6.92 Å². The van der Waals surface area contributed by atoms with Crippen LogP contribution in [0, 0.1) is 0 Å². The monoisotopic (exact) mass is 259 g/mol. The summed E-state index contributed by atoms with van der Waals surface area (Å²) in [5, 5.41) is 1.11. The van der Waals surface area contributed by atoms with Crippen molar-refractivity contribution >= 4 is 16.7 Å². The summed E-state index contributed by atoms with van der Waals surface area (Å²) in [4.78, 5) is 11.7. The predicted octanol–water partition coefficient (Wildman–Crippen LogP) is 3.80. The number of fused-ring (bicyclic) bond motifs is 1. The van der Waals surface area contributed by atoms with E-state index in [1.807, 2.05) is 55.8 Å². The summed E-state index contributed by atoms with van der Waals surface area (Å²) in [6.07, 6.45) is 3.70. The van der Waals surface area contributed by atoms with Crippen LogP contribution in [0.15, 0.2) is 30.5 Å². The van der Waals surface area contributed by atoms with E-state index < -0.39 is 0 Å². The number of carbonyl (C=O) groups is 1. The topological polar surface area (TPSA) is 31.2 Å². The summed E-state index contributed by atoms with van der Waals surface area (Å²) in [6, 6.07) is 8.03. The van der Waals surface area contributed by atoms with E-state index in [9.17, 15) is 4.79 Å². The Kier molecular flexibility index (Phi) is 4.25. The number of aromatic nitrogens is 1. The molecule has 2 aromatic rings. The molecule has 0 aliphatic rings. The molecule has 2 rings (SSSR count). The lowest BCUT2D eigenvalue weighted by atomic mass is 10.2. The maximum Gasteiger partial charge on any atom is 0.152 e. The highest BCUT2D eigenvalue weighted by atomic mass is 16.5. The van der Waals surface area contributed by atoms with Gasteiger partial charge in [0.25, 0.3) is 0 Å². The van der Waals surface area contributed by atoms with Crippen molar-refractivity contribution in [2.75, 3.05) is 0 Å². The van der Waals surface area contributed by atoms with Gasteiger partial charge in [-0.2, -0.15) is 0 Å². The van der Waals surface area contributed by atoms with E-state index in [2.05, 4.69) is 0 Å². The van der Waals surface area contributed by atoms with E-state index >= 15 is 0 Å². The van der Waals surface area contributed by atoms with Crippen LogP contribution < -0.4 is 4.74 Å². The van der Waals surface area contributed by atoms with Gasteiger partial charge in [-0.05, 0) is 44.5 Å². The normalized spacial score (nSPS) is 11.2. The Morgan fingerprint density at radius 3 is 2.79 bits per heavy atom. The first-order valence-electron chi connectivity index (χ1n) is 6.87. The zero-order valence-electron chi connectivity index (χ0n) is 11.8. The molecule has 0 unspecified atom stereocenters. The summed E-state index contributed by atoms with van der Waals surface area (Å²) in [7, 11) is 0. The minimum absolute atomic E-state index is 0.172. The van der Waals surface area contributed by atoms with Crippen molar-refractivity contribution in [1.29, 1.82) is 0 Å². The lowest BCUT2D eigenvalue weighted by Crippen LogP contribution is -2.08. The number of hydrogen-bond donors (Lipinski definition) is 0. The summed E-state index contributed by atoms with van der Waals surface area (Å²) in [5.74, 6) is 1.16. The van der Waals surface area contributed by atoms with Gasteiger partial charge in [-0.15, -0.1) is 0 Å². The summed E-state index contributed by atoms with van der Waals surface area (Å²) in [5.41, 5.74) is 1.08. The number of ketones is 1. The van der Waals surface area contributed by atoms with Crippen LogP contribution in [-0.4, -0.2) is 16.5 Å². The van der Waals surface area contributed by atoms with Crippen LogP contribution in [0.25, 0.3) is 10.9 Å². The average Bonchev–Trinajstić information content (AvgIpc) is 2.71. The SMILES string of the molecule is CCCC(=O)Cn1ccc2cc(OC(C)C)ccc21. The van der Waals surface area contributed by atoms with Crippen LogP contribution in [0.4, 0.5) is 0 Å². The molecule has 0 spiro atoms. The third kappa shape index (κ3) is 3.37. The van der Waals surface area contributed by atoms with Gasteiger partial charge in [0, 0.05) is 23.5 Å². The molecule has 1 aromatic heterocycles. The first-order chi connectivity index (χ1) is 9.10. The zero-order chi connectivity index (χ0) is 13.8. The number of benzene rings is 1. The van der Waals surface area contributed by atoms with Crippen molar-refractivity contribution in [3.05, 3.63) is 30.5 Å². The maximum atomic E-state index is 11.7. The van der Waals surface area contributed by atoms with E-state index in [0.717, 1.165) is 23.1 Å². The second-order valence-corrected chi connectivity index (χ2v) is 5.12. The second kappa shape index (κ2) is 5.91. The summed E-state index contributed by atoms with van der Waals surface area (Å²) in [6.45, 7) is 6.51. The highest BCUT2D eigenvalue weighted by molar-refractivity contribution is 5.85. The minimum Gasteiger partial charge on any atom is -0.491 e. The molecule has 1 aromatic carbocycles. The number of carbonyl (C=O) groups excluding carboxylic acids is 1. The van der Waals surface area contributed by atoms with Crippen LogP contribution in [0.2, 0.25) is 0 Å². The number of hydrogen-bond acceptors (Lipinski definition) is 2. The lowest BCUT2D eigenvalue weighted by Gasteiger charge is -2.10. The molecular formula is C16H21NO2. The molecule has 0 N–H and O–H groups in total. The molecule has 102 valence electrons. The van der Waals surface area contributed by atoms with Gasteiger partial charge in [0.1, 0.15) is 5.75 Å². The van der Waals surface area contributed by atoms with Gasteiger partial charge in [-0.3, -0.25) is 4.79 Å². The third-order valence-corrected chi connectivity index (χ3v) is 2.99. The minimum atomic E-state index is 0.172. The molecule has 19 heavy (non-hydrogen) atoms. The quantitative estimate of drug-likeness (QED) is 0.790. The van der Waals surface area contributed by atoms with Crippen molar-refractivity contribution in [3.63, 3.8) is 0 Å². The first-order valence-corrected chi connectivity index (χ1v) is 6.87. The molecule has 1 heterocycles. The molecule has 0 aliphatic carbocycles. The van der Waals surface area contributed by atoms with Gasteiger partial charge in [-0.25, -0.2) is 0 Å². The largest absolute Gasteiger partial charge is 0.491 e. The molecule has 0 radical (unpaired) electrons. The van der Waals surface area contributed by atoms with Gasteiger partial charge < -0.3 is 9.30 Å². The molecule has 0 aliphatic heterocycles. The van der Waals surface area contributed by atoms with Gasteiger partial charge in [0.05, 0.1) is 12.6 Å². The Morgan fingerprint density at radius 1 is 1.32 bits per heavy atom. The van der Waals surface area contributed by atoms with E-state index in [1.54, 1.807) is 0 Å². The van der Waals surface area contributed by atoms with Crippen LogP contribution in [-0.2, 0) is 11.3 Å². The van der Waals surface area contributed by atoms with Crippen molar-refractivity contribution in [1.82, 2.24) is 4.57 Å². The molecule has 0 atom stereocenters. The maximum absolute atomic E-state index is 11.7. The highest BCUT2D eigenvalue weighted by Crippen LogP contribution is 2.23. The Balaban J connectivity index is 2.21. The molecule has 0 amide bonds. The molecule has 0 fully saturated rings. The van der Waals surface area contributed by atoms with Crippen LogP contribution in [0.1, 0.15) is 33.6 Å². The fourth-order valence-electron chi connectivity index (χ4n) is 2.21. The van der Waals surface area contributed by atoms with Crippen molar-refractivity contribution in [3.8, 4) is 5.75 Å². The molecule has 0 saturated heterocycles. The average molecular weight is 259 g/mol. The van der Waals surface area contributed by atoms with E-state index in [0.29, 0.717) is 13.0 Å². The molecule has 3 heteroatoms. The molecule has 3 nitrogen and oxygen atoms in total. The van der Waals surface area contributed by atoms with Gasteiger partial charge in [0.15, 0.2) is 5.78 Å². The Labute approximate surface area is 114 Å². The molecule has 0 bridgehead atoms. The number of nitrogens with zero attached hydrogens (tertiary/aromatic N) is 1. The first kappa shape index (κ1) is 13.7. The van der Waals surface area contributed by atoms with E-state index in [-0.39, 0.29) is 11.9 Å². The van der Waals surface area contributed by atoms with Crippen LogP contribution in [0.3, 0.4) is 0 Å². The van der Waals surface area contributed by atoms with Crippen molar-refractivity contribution < 1.29 is 9.53 Å². The fourth-order valence-corrected chi connectivity index (χ4v) is 2.21. The summed E-state index contributed by atoms with van der Waals surface area (Å²) >= 11 is 0. The second-order valence-electron chi connectivity index (χ2n) is 5.12. The smallest absolute Gasteiger partial charge is 0.152 e. The molecular weight excluding hydrogens is 238 g/mol.